The normalized spacial score (nSPS) is 17.4. The van der Waals surface area contributed by atoms with Crippen LogP contribution in [0.1, 0.15) is 44.1 Å². The molecule has 1 aromatic heterocycles. The van der Waals surface area contributed by atoms with Gasteiger partial charge in [-0.2, -0.15) is 5.10 Å². The van der Waals surface area contributed by atoms with Crippen LogP contribution in [0.25, 0.3) is 0 Å². The first-order chi connectivity index (χ1) is 6.72. The van der Waals surface area contributed by atoms with E-state index in [4.69, 9.17) is 0 Å². The van der Waals surface area contributed by atoms with E-state index in [1.165, 1.54) is 11.4 Å². The van der Waals surface area contributed by atoms with Gasteiger partial charge in [-0.1, -0.05) is 6.92 Å². The SMILES string of the molecule is CCc1cc(C2CNC2)n(C(C)C)n1. The molecular weight excluding hydrogens is 174 g/mol. The van der Waals surface area contributed by atoms with Gasteiger partial charge in [-0.15, -0.1) is 0 Å². The van der Waals surface area contributed by atoms with E-state index >= 15 is 0 Å². The molecule has 1 aliphatic heterocycles. The summed E-state index contributed by atoms with van der Waals surface area (Å²) in [4.78, 5) is 0. The van der Waals surface area contributed by atoms with Crippen molar-refractivity contribution in [1.29, 1.82) is 0 Å². The molecule has 0 saturated carbocycles. The fraction of sp³-hybridized carbons (Fsp3) is 0.727. The summed E-state index contributed by atoms with van der Waals surface area (Å²) in [5, 5.41) is 7.93. The second-order valence-corrected chi connectivity index (χ2v) is 4.31. The predicted molar refractivity (Wildman–Crippen MR) is 57.6 cm³/mol. The molecule has 0 spiro atoms. The fourth-order valence-corrected chi connectivity index (χ4v) is 1.85. The molecule has 0 atom stereocenters. The van der Waals surface area contributed by atoms with Crippen molar-refractivity contribution in [2.75, 3.05) is 13.1 Å². The Hall–Kier alpha value is -0.830. The molecule has 0 amide bonds. The molecule has 0 radical (unpaired) electrons. The van der Waals surface area contributed by atoms with Gasteiger partial charge in [-0.25, -0.2) is 0 Å². The molecule has 2 heterocycles. The standard InChI is InChI=1S/C11H19N3/c1-4-10-5-11(9-6-12-7-9)14(13-10)8(2)3/h5,8-9,12H,4,6-7H2,1-3H3. The molecule has 3 nitrogen and oxygen atoms in total. The van der Waals surface area contributed by atoms with Crippen LogP contribution in [0.3, 0.4) is 0 Å². The molecule has 0 unspecified atom stereocenters. The molecular formula is C11H19N3. The fourth-order valence-electron chi connectivity index (χ4n) is 1.85. The van der Waals surface area contributed by atoms with Gasteiger partial charge in [-0.3, -0.25) is 4.68 Å². The molecule has 78 valence electrons. The zero-order chi connectivity index (χ0) is 10.1. The van der Waals surface area contributed by atoms with E-state index in [-0.39, 0.29) is 0 Å². The lowest BCUT2D eigenvalue weighted by Gasteiger charge is -2.28. The Kier molecular flexibility index (Phi) is 2.59. The maximum Gasteiger partial charge on any atom is 0.0625 e. The Balaban J connectivity index is 2.30. The maximum absolute atomic E-state index is 4.62. The smallest absolute Gasteiger partial charge is 0.0625 e. The molecule has 1 aliphatic rings. The summed E-state index contributed by atoms with van der Waals surface area (Å²) in [6.45, 7) is 8.78. The third-order valence-electron chi connectivity index (χ3n) is 2.87. The van der Waals surface area contributed by atoms with Crippen LogP contribution in [0.5, 0.6) is 0 Å². The molecule has 1 saturated heterocycles. The van der Waals surface area contributed by atoms with Gasteiger partial charge in [0.05, 0.1) is 5.69 Å². The van der Waals surface area contributed by atoms with E-state index < -0.39 is 0 Å². The summed E-state index contributed by atoms with van der Waals surface area (Å²) in [7, 11) is 0. The summed E-state index contributed by atoms with van der Waals surface area (Å²) >= 11 is 0. The Bertz CT molecular complexity index is 310. The number of rotatable bonds is 3. The maximum atomic E-state index is 4.62. The third-order valence-corrected chi connectivity index (χ3v) is 2.87. The minimum absolute atomic E-state index is 0.478. The van der Waals surface area contributed by atoms with E-state index in [0.29, 0.717) is 12.0 Å². The Morgan fingerprint density at radius 3 is 2.71 bits per heavy atom. The number of hydrogen-bond donors (Lipinski definition) is 1. The van der Waals surface area contributed by atoms with Gasteiger partial charge in [0.15, 0.2) is 0 Å². The summed E-state index contributed by atoms with van der Waals surface area (Å²) in [5.74, 6) is 0.685. The average Bonchev–Trinajstić information content (AvgIpc) is 2.45. The largest absolute Gasteiger partial charge is 0.315 e. The summed E-state index contributed by atoms with van der Waals surface area (Å²) in [6.07, 6.45) is 1.03. The predicted octanol–water partition coefficient (Wildman–Crippen LogP) is 1.71. The summed E-state index contributed by atoms with van der Waals surface area (Å²) in [6, 6.07) is 2.75. The molecule has 2 rings (SSSR count). The molecule has 3 heteroatoms. The van der Waals surface area contributed by atoms with E-state index in [1.54, 1.807) is 0 Å². The van der Waals surface area contributed by atoms with Crippen LogP contribution in [-0.4, -0.2) is 22.9 Å². The van der Waals surface area contributed by atoms with Crippen molar-refractivity contribution in [2.24, 2.45) is 0 Å². The van der Waals surface area contributed by atoms with Gasteiger partial charge in [0.2, 0.25) is 0 Å². The van der Waals surface area contributed by atoms with Crippen molar-refractivity contribution in [1.82, 2.24) is 15.1 Å². The Morgan fingerprint density at radius 1 is 1.57 bits per heavy atom. The van der Waals surface area contributed by atoms with E-state index in [2.05, 4.69) is 41.9 Å². The van der Waals surface area contributed by atoms with Crippen LogP contribution < -0.4 is 5.32 Å². The first kappa shape index (κ1) is 9.71. The van der Waals surface area contributed by atoms with Gasteiger partial charge in [0.1, 0.15) is 0 Å². The van der Waals surface area contributed by atoms with E-state index in [0.717, 1.165) is 19.5 Å². The van der Waals surface area contributed by atoms with Crippen LogP contribution in [0, 0.1) is 0 Å². The minimum atomic E-state index is 0.478. The first-order valence-corrected chi connectivity index (χ1v) is 5.51. The highest BCUT2D eigenvalue weighted by molar-refractivity contribution is 5.19. The third kappa shape index (κ3) is 1.57. The van der Waals surface area contributed by atoms with Gasteiger partial charge in [-0.05, 0) is 26.3 Å². The lowest BCUT2D eigenvalue weighted by molar-refractivity contribution is 0.398. The Morgan fingerprint density at radius 2 is 2.29 bits per heavy atom. The zero-order valence-electron chi connectivity index (χ0n) is 9.25. The van der Waals surface area contributed by atoms with Crippen molar-refractivity contribution in [3.63, 3.8) is 0 Å². The van der Waals surface area contributed by atoms with Crippen LogP contribution in [0.15, 0.2) is 6.07 Å². The highest BCUT2D eigenvalue weighted by Crippen LogP contribution is 2.23. The molecule has 1 aromatic rings. The van der Waals surface area contributed by atoms with Gasteiger partial charge in [0, 0.05) is 30.7 Å². The summed E-state index contributed by atoms with van der Waals surface area (Å²) in [5.41, 5.74) is 2.64. The van der Waals surface area contributed by atoms with E-state index in [9.17, 15) is 0 Å². The highest BCUT2D eigenvalue weighted by atomic mass is 15.3. The van der Waals surface area contributed by atoms with Gasteiger partial charge >= 0.3 is 0 Å². The second-order valence-electron chi connectivity index (χ2n) is 4.31. The quantitative estimate of drug-likeness (QED) is 0.792. The van der Waals surface area contributed by atoms with Crippen molar-refractivity contribution in [3.8, 4) is 0 Å². The first-order valence-electron chi connectivity index (χ1n) is 5.51. The second kappa shape index (κ2) is 3.73. The van der Waals surface area contributed by atoms with Crippen LogP contribution in [0.2, 0.25) is 0 Å². The lowest BCUT2D eigenvalue weighted by Crippen LogP contribution is -2.41. The number of aryl methyl sites for hydroxylation is 1. The average molecular weight is 193 g/mol. The van der Waals surface area contributed by atoms with Crippen LogP contribution in [0.4, 0.5) is 0 Å². The molecule has 0 aliphatic carbocycles. The molecule has 1 fully saturated rings. The number of hydrogen-bond acceptors (Lipinski definition) is 2. The minimum Gasteiger partial charge on any atom is -0.315 e. The number of nitrogens with one attached hydrogen (secondary N) is 1. The van der Waals surface area contributed by atoms with Gasteiger partial charge < -0.3 is 5.32 Å². The molecule has 0 aromatic carbocycles. The van der Waals surface area contributed by atoms with Crippen molar-refractivity contribution >= 4 is 0 Å². The molecule has 1 N–H and O–H groups in total. The van der Waals surface area contributed by atoms with Crippen molar-refractivity contribution in [3.05, 3.63) is 17.5 Å². The lowest BCUT2D eigenvalue weighted by atomic mass is 9.98. The molecule has 14 heavy (non-hydrogen) atoms. The van der Waals surface area contributed by atoms with E-state index in [1.807, 2.05) is 0 Å². The van der Waals surface area contributed by atoms with Crippen LogP contribution in [-0.2, 0) is 6.42 Å². The van der Waals surface area contributed by atoms with Crippen molar-refractivity contribution < 1.29 is 0 Å². The van der Waals surface area contributed by atoms with Gasteiger partial charge in [0.25, 0.3) is 0 Å². The number of nitrogens with zero attached hydrogens (tertiary/aromatic N) is 2. The monoisotopic (exact) mass is 193 g/mol. The molecule has 0 bridgehead atoms. The van der Waals surface area contributed by atoms with Crippen molar-refractivity contribution in [2.45, 2.75) is 39.2 Å². The Labute approximate surface area is 85.5 Å². The topological polar surface area (TPSA) is 29.9 Å². The number of aromatic nitrogens is 2. The highest BCUT2D eigenvalue weighted by Gasteiger charge is 2.24. The summed E-state index contributed by atoms with van der Waals surface area (Å²) < 4.78 is 2.18. The zero-order valence-corrected chi connectivity index (χ0v) is 9.25. The van der Waals surface area contributed by atoms with Crippen LogP contribution >= 0.6 is 0 Å².